The summed E-state index contributed by atoms with van der Waals surface area (Å²) in [5, 5.41) is 8.17. The van der Waals surface area contributed by atoms with Crippen molar-refractivity contribution in [2.75, 3.05) is 0 Å². The van der Waals surface area contributed by atoms with Gasteiger partial charge in [-0.2, -0.15) is 0 Å². The van der Waals surface area contributed by atoms with E-state index in [4.69, 9.17) is 5.21 Å². The van der Waals surface area contributed by atoms with Gasteiger partial charge in [0.25, 0.3) is 0 Å². The second-order valence-corrected chi connectivity index (χ2v) is 2.69. The van der Waals surface area contributed by atoms with Crippen LogP contribution in [0.1, 0.15) is 32.6 Å². The molecule has 0 atom stereocenters. The molecule has 0 aromatic carbocycles. The van der Waals surface area contributed by atoms with Crippen LogP contribution in [0.4, 0.5) is 0 Å². The van der Waals surface area contributed by atoms with Crippen molar-refractivity contribution >= 4 is 5.91 Å². The first-order chi connectivity index (χ1) is 6.31. The lowest BCUT2D eigenvalue weighted by Gasteiger charge is -1.93. The summed E-state index contributed by atoms with van der Waals surface area (Å²) in [6.45, 7) is 2.00. The monoisotopic (exact) mass is 183 g/mol. The summed E-state index contributed by atoms with van der Waals surface area (Å²) in [4.78, 5) is 10.5. The quantitative estimate of drug-likeness (QED) is 0.287. The van der Waals surface area contributed by atoms with E-state index >= 15 is 0 Å². The molecule has 0 aromatic heterocycles. The third-order valence-electron chi connectivity index (χ3n) is 1.57. The Bertz CT molecular complexity index is 185. The van der Waals surface area contributed by atoms with Crippen molar-refractivity contribution in [1.82, 2.24) is 5.48 Å². The number of hydrogen-bond acceptors (Lipinski definition) is 2. The van der Waals surface area contributed by atoms with E-state index in [2.05, 4.69) is 6.08 Å². The van der Waals surface area contributed by atoms with Crippen LogP contribution in [-0.4, -0.2) is 11.1 Å². The Balaban J connectivity index is 3.26. The van der Waals surface area contributed by atoms with E-state index < -0.39 is 0 Å². The molecule has 3 heteroatoms. The number of unbranched alkanes of at least 4 members (excludes halogenated alkanes) is 1. The number of amides is 1. The van der Waals surface area contributed by atoms with Crippen molar-refractivity contribution < 1.29 is 10.0 Å². The first-order valence-corrected chi connectivity index (χ1v) is 4.50. The molecule has 0 bridgehead atoms. The van der Waals surface area contributed by atoms with Gasteiger partial charge in [0.1, 0.15) is 0 Å². The van der Waals surface area contributed by atoms with E-state index in [0.717, 1.165) is 12.8 Å². The molecule has 0 rings (SSSR count). The third kappa shape index (κ3) is 8.82. The van der Waals surface area contributed by atoms with E-state index in [9.17, 15) is 4.79 Å². The van der Waals surface area contributed by atoms with Crippen LogP contribution in [0, 0.1) is 0 Å². The number of hydroxylamine groups is 1. The predicted octanol–water partition coefficient (Wildman–Crippen LogP) is 2.18. The lowest BCUT2D eigenvalue weighted by atomic mass is 10.2. The molecule has 0 aromatic rings. The average Bonchev–Trinajstić information content (AvgIpc) is 2.16. The molecule has 2 N–H and O–H groups in total. The number of carbonyl (C=O) groups excluding carboxylic acids is 1. The van der Waals surface area contributed by atoms with Gasteiger partial charge in [0.15, 0.2) is 0 Å². The van der Waals surface area contributed by atoms with Crippen LogP contribution in [0.2, 0.25) is 0 Å². The zero-order valence-electron chi connectivity index (χ0n) is 7.99. The van der Waals surface area contributed by atoms with Crippen molar-refractivity contribution in [3.8, 4) is 0 Å². The highest BCUT2D eigenvalue weighted by molar-refractivity contribution is 5.74. The van der Waals surface area contributed by atoms with Gasteiger partial charge in [-0.05, 0) is 26.2 Å². The van der Waals surface area contributed by atoms with E-state index in [1.165, 1.54) is 0 Å². The zero-order chi connectivity index (χ0) is 9.94. The van der Waals surface area contributed by atoms with Gasteiger partial charge in [-0.15, -0.1) is 0 Å². The maximum atomic E-state index is 10.5. The van der Waals surface area contributed by atoms with Crippen molar-refractivity contribution in [2.24, 2.45) is 0 Å². The van der Waals surface area contributed by atoms with Crippen molar-refractivity contribution in [3.05, 3.63) is 24.3 Å². The zero-order valence-corrected chi connectivity index (χ0v) is 7.99. The largest absolute Gasteiger partial charge is 0.289 e. The molecule has 3 nitrogen and oxygen atoms in total. The molecule has 0 aliphatic rings. The number of nitrogens with one attached hydrogen (secondary N) is 1. The third-order valence-corrected chi connectivity index (χ3v) is 1.57. The molecule has 0 saturated heterocycles. The lowest BCUT2D eigenvalue weighted by Crippen LogP contribution is -2.17. The van der Waals surface area contributed by atoms with Crippen LogP contribution < -0.4 is 5.48 Å². The maximum Gasteiger partial charge on any atom is 0.243 e. The predicted molar refractivity (Wildman–Crippen MR) is 52.4 cm³/mol. The molecule has 1 amide bonds. The fourth-order valence-corrected chi connectivity index (χ4v) is 0.865. The molecule has 0 aliphatic heterocycles. The lowest BCUT2D eigenvalue weighted by molar-refractivity contribution is -0.129. The highest BCUT2D eigenvalue weighted by Gasteiger charge is 1.93. The van der Waals surface area contributed by atoms with Crippen molar-refractivity contribution in [2.45, 2.75) is 32.6 Å². The molecule has 0 spiro atoms. The Morgan fingerprint density at radius 1 is 1.23 bits per heavy atom. The standard InChI is InChI=1S/C10H17NO2/c1-2-3-4-5-6-7-8-9-10(12)11-13/h2-3,6-7,13H,4-5,8-9H2,1H3,(H,11,12). The van der Waals surface area contributed by atoms with Gasteiger partial charge < -0.3 is 0 Å². The van der Waals surface area contributed by atoms with Crippen LogP contribution in [0.15, 0.2) is 24.3 Å². The normalized spacial score (nSPS) is 11.2. The van der Waals surface area contributed by atoms with Gasteiger partial charge in [0.2, 0.25) is 5.91 Å². The molecule has 0 heterocycles. The fraction of sp³-hybridized carbons (Fsp3) is 0.500. The summed E-state index contributed by atoms with van der Waals surface area (Å²) in [5.41, 5.74) is 1.59. The Hall–Kier alpha value is -1.09. The summed E-state index contributed by atoms with van der Waals surface area (Å²) in [7, 11) is 0. The Morgan fingerprint density at radius 2 is 1.85 bits per heavy atom. The maximum absolute atomic E-state index is 10.5. The first-order valence-electron chi connectivity index (χ1n) is 4.50. The molecule has 13 heavy (non-hydrogen) atoms. The van der Waals surface area contributed by atoms with Crippen molar-refractivity contribution in [1.29, 1.82) is 0 Å². The molecular formula is C10H17NO2. The number of hydrogen-bond donors (Lipinski definition) is 2. The highest BCUT2D eigenvalue weighted by atomic mass is 16.5. The second-order valence-electron chi connectivity index (χ2n) is 2.69. The molecule has 0 aliphatic carbocycles. The van der Waals surface area contributed by atoms with Gasteiger partial charge in [-0.3, -0.25) is 10.0 Å². The average molecular weight is 183 g/mol. The van der Waals surface area contributed by atoms with E-state index in [0.29, 0.717) is 12.8 Å². The summed E-state index contributed by atoms with van der Waals surface area (Å²) < 4.78 is 0. The molecule has 0 saturated carbocycles. The Morgan fingerprint density at radius 3 is 2.46 bits per heavy atom. The van der Waals surface area contributed by atoms with Crippen LogP contribution in [-0.2, 0) is 4.79 Å². The second kappa shape index (κ2) is 9.00. The van der Waals surface area contributed by atoms with Gasteiger partial charge in [0.05, 0.1) is 0 Å². The summed E-state index contributed by atoms with van der Waals surface area (Å²) in [6.07, 6.45) is 11.2. The number of allylic oxidation sites excluding steroid dienone is 4. The van der Waals surface area contributed by atoms with Crippen LogP contribution in [0.25, 0.3) is 0 Å². The van der Waals surface area contributed by atoms with E-state index in [-0.39, 0.29) is 5.91 Å². The van der Waals surface area contributed by atoms with Crippen LogP contribution in [0.3, 0.4) is 0 Å². The Labute approximate surface area is 79.1 Å². The minimum absolute atomic E-state index is 0.335. The van der Waals surface area contributed by atoms with E-state index in [1.54, 1.807) is 5.48 Å². The SMILES string of the molecule is CC=CCCC=CCCC(=O)NO. The first kappa shape index (κ1) is 11.9. The van der Waals surface area contributed by atoms with Crippen LogP contribution >= 0.6 is 0 Å². The minimum atomic E-state index is -0.335. The molecule has 74 valence electrons. The number of rotatable bonds is 6. The molecular weight excluding hydrogens is 166 g/mol. The van der Waals surface area contributed by atoms with Gasteiger partial charge in [-0.25, -0.2) is 5.48 Å². The molecule has 0 radical (unpaired) electrons. The van der Waals surface area contributed by atoms with E-state index in [1.807, 2.05) is 25.2 Å². The Kier molecular flexibility index (Phi) is 8.25. The smallest absolute Gasteiger partial charge is 0.243 e. The molecule has 0 unspecified atom stereocenters. The fourth-order valence-electron chi connectivity index (χ4n) is 0.865. The topological polar surface area (TPSA) is 49.3 Å². The minimum Gasteiger partial charge on any atom is -0.289 e. The molecule has 0 fully saturated rings. The summed E-state index contributed by atoms with van der Waals surface area (Å²) >= 11 is 0. The van der Waals surface area contributed by atoms with Gasteiger partial charge in [0, 0.05) is 6.42 Å². The number of carbonyl (C=O) groups is 1. The van der Waals surface area contributed by atoms with Gasteiger partial charge in [-0.1, -0.05) is 24.3 Å². The van der Waals surface area contributed by atoms with Gasteiger partial charge >= 0.3 is 0 Å². The summed E-state index contributed by atoms with van der Waals surface area (Å²) in [5.74, 6) is -0.335. The van der Waals surface area contributed by atoms with Crippen molar-refractivity contribution in [3.63, 3.8) is 0 Å². The summed E-state index contributed by atoms with van der Waals surface area (Å²) in [6, 6.07) is 0. The van der Waals surface area contributed by atoms with Crippen LogP contribution in [0.5, 0.6) is 0 Å². The highest BCUT2D eigenvalue weighted by Crippen LogP contribution is 1.96.